The van der Waals surface area contributed by atoms with E-state index >= 15 is 0 Å². The van der Waals surface area contributed by atoms with Gasteiger partial charge in [0.15, 0.2) is 0 Å². The van der Waals surface area contributed by atoms with Crippen molar-refractivity contribution in [3.05, 3.63) is 46.9 Å². The van der Waals surface area contributed by atoms with Crippen molar-refractivity contribution in [3.8, 4) is 0 Å². The monoisotopic (exact) mass is 314 g/mol. The van der Waals surface area contributed by atoms with Crippen LogP contribution in [0.2, 0.25) is 5.15 Å². The summed E-state index contributed by atoms with van der Waals surface area (Å²) in [4.78, 5) is 8.68. The van der Waals surface area contributed by atoms with E-state index in [0.29, 0.717) is 10.9 Å². The summed E-state index contributed by atoms with van der Waals surface area (Å²) < 4.78 is 26.8. The summed E-state index contributed by atoms with van der Waals surface area (Å²) in [6, 6.07) is 4.83. The molecule has 0 saturated carbocycles. The predicted octanol–water partition coefficient (Wildman–Crippen LogP) is 4.86. The summed E-state index contributed by atoms with van der Waals surface area (Å²) in [5.41, 5.74) is -0.277. The Morgan fingerprint density at radius 1 is 1.10 bits per heavy atom. The predicted molar refractivity (Wildman–Crippen MR) is 76.2 cm³/mol. The quantitative estimate of drug-likeness (QED) is 0.741. The van der Waals surface area contributed by atoms with Gasteiger partial charge in [0, 0.05) is 11.5 Å². The second-order valence-corrected chi connectivity index (χ2v) is 6.73. The van der Waals surface area contributed by atoms with Crippen molar-refractivity contribution < 1.29 is 8.78 Å². The molecule has 0 saturated heterocycles. The van der Waals surface area contributed by atoms with Crippen LogP contribution in [0.3, 0.4) is 0 Å². The molecule has 1 heterocycles. The lowest BCUT2D eigenvalue weighted by atomic mass is 9.96. The first-order valence-electron chi connectivity index (χ1n) is 5.94. The fourth-order valence-electron chi connectivity index (χ4n) is 1.45. The second-order valence-electron chi connectivity index (χ2n) is 5.28. The number of hydrogen-bond donors (Lipinski definition) is 0. The van der Waals surface area contributed by atoms with E-state index in [2.05, 4.69) is 9.97 Å². The summed E-state index contributed by atoms with van der Waals surface area (Å²) in [6.07, 6.45) is 0. The molecular weight excluding hydrogens is 302 g/mol. The molecule has 0 amide bonds. The summed E-state index contributed by atoms with van der Waals surface area (Å²) in [6.45, 7) is 5.86. The van der Waals surface area contributed by atoms with Gasteiger partial charge >= 0.3 is 0 Å². The fourth-order valence-corrected chi connectivity index (χ4v) is 2.57. The third-order valence-corrected chi connectivity index (χ3v) is 3.59. The second kappa shape index (κ2) is 5.66. The molecule has 6 heteroatoms. The number of halogens is 3. The molecule has 2 rings (SSSR count). The lowest BCUT2D eigenvalue weighted by molar-refractivity contribution is 0.538. The topological polar surface area (TPSA) is 25.8 Å². The largest absolute Gasteiger partial charge is 0.226 e. The number of benzene rings is 1. The lowest BCUT2D eigenvalue weighted by Crippen LogP contribution is -2.16. The van der Waals surface area contributed by atoms with Crippen LogP contribution >= 0.6 is 23.4 Å². The molecule has 0 aliphatic rings. The average molecular weight is 315 g/mol. The van der Waals surface area contributed by atoms with Gasteiger partial charge in [0.1, 0.15) is 27.6 Å². The molecule has 1 aromatic carbocycles. The molecule has 0 fully saturated rings. The van der Waals surface area contributed by atoms with Gasteiger partial charge < -0.3 is 0 Å². The van der Waals surface area contributed by atoms with Crippen molar-refractivity contribution in [3.63, 3.8) is 0 Å². The zero-order chi connectivity index (χ0) is 14.9. The van der Waals surface area contributed by atoms with Crippen LogP contribution in [0.4, 0.5) is 8.78 Å². The minimum Gasteiger partial charge on any atom is -0.226 e. The van der Waals surface area contributed by atoms with E-state index in [0.717, 1.165) is 30.0 Å². The van der Waals surface area contributed by atoms with Crippen LogP contribution in [0.1, 0.15) is 26.6 Å². The minimum absolute atomic E-state index is 0.166. The molecule has 0 N–H and O–H groups in total. The van der Waals surface area contributed by atoms with E-state index in [1.807, 2.05) is 20.8 Å². The van der Waals surface area contributed by atoms with Gasteiger partial charge in [0.2, 0.25) is 0 Å². The Bertz CT molecular complexity index is 642. The number of aromatic nitrogens is 2. The third-order valence-electron chi connectivity index (χ3n) is 2.45. The van der Waals surface area contributed by atoms with E-state index in [9.17, 15) is 8.78 Å². The highest BCUT2D eigenvalue weighted by atomic mass is 35.5. The van der Waals surface area contributed by atoms with Gasteiger partial charge in [-0.3, -0.25) is 0 Å². The smallest absolute Gasteiger partial charge is 0.137 e. The Kier molecular flexibility index (Phi) is 4.30. The molecule has 0 bridgehead atoms. The molecule has 0 radical (unpaired) electrons. The highest BCUT2D eigenvalue weighted by molar-refractivity contribution is 7.99. The molecule has 2 nitrogen and oxygen atoms in total. The summed E-state index contributed by atoms with van der Waals surface area (Å²) in [7, 11) is 0. The van der Waals surface area contributed by atoms with E-state index in [1.165, 1.54) is 6.07 Å². The van der Waals surface area contributed by atoms with Gasteiger partial charge in [-0.25, -0.2) is 18.7 Å². The third kappa shape index (κ3) is 3.67. The zero-order valence-electron chi connectivity index (χ0n) is 11.2. The summed E-state index contributed by atoms with van der Waals surface area (Å²) in [5.74, 6) is -0.433. The molecule has 0 atom stereocenters. The first kappa shape index (κ1) is 15.2. The van der Waals surface area contributed by atoms with Crippen LogP contribution in [-0.4, -0.2) is 9.97 Å². The van der Waals surface area contributed by atoms with Gasteiger partial charge in [0.05, 0.1) is 4.90 Å². The molecule has 0 spiro atoms. The first-order valence-corrected chi connectivity index (χ1v) is 7.13. The fraction of sp³-hybridized carbons (Fsp3) is 0.286. The highest BCUT2D eigenvalue weighted by Gasteiger charge is 2.19. The molecule has 0 aliphatic carbocycles. The van der Waals surface area contributed by atoms with Gasteiger partial charge in [-0.15, -0.1) is 0 Å². The van der Waals surface area contributed by atoms with Crippen molar-refractivity contribution in [1.29, 1.82) is 0 Å². The SMILES string of the molecule is CC(C)(C)c1nc(Cl)cc(Sc2cc(F)ccc2F)n1. The number of rotatable bonds is 2. The molecule has 1 aromatic heterocycles. The van der Waals surface area contributed by atoms with Crippen molar-refractivity contribution in [2.75, 3.05) is 0 Å². The Balaban J connectivity index is 2.39. The maximum atomic E-state index is 13.6. The lowest BCUT2D eigenvalue weighted by Gasteiger charge is -2.17. The highest BCUT2D eigenvalue weighted by Crippen LogP contribution is 2.31. The van der Waals surface area contributed by atoms with E-state index < -0.39 is 11.6 Å². The van der Waals surface area contributed by atoms with Crippen LogP contribution in [0.25, 0.3) is 0 Å². The Labute approximate surface area is 125 Å². The Morgan fingerprint density at radius 2 is 1.80 bits per heavy atom. The Hall–Kier alpha value is -1.20. The summed E-state index contributed by atoms with van der Waals surface area (Å²) >= 11 is 6.98. The van der Waals surface area contributed by atoms with Gasteiger partial charge in [0.25, 0.3) is 0 Å². The molecule has 0 unspecified atom stereocenters. The maximum Gasteiger partial charge on any atom is 0.137 e. The Morgan fingerprint density at radius 3 is 2.45 bits per heavy atom. The van der Waals surface area contributed by atoms with Crippen LogP contribution in [0.5, 0.6) is 0 Å². The van der Waals surface area contributed by atoms with Gasteiger partial charge in [-0.1, -0.05) is 44.1 Å². The number of nitrogens with zero attached hydrogens (tertiary/aromatic N) is 2. The van der Waals surface area contributed by atoms with Crippen molar-refractivity contribution in [2.45, 2.75) is 36.1 Å². The first-order chi connectivity index (χ1) is 9.25. The van der Waals surface area contributed by atoms with E-state index in [4.69, 9.17) is 11.6 Å². The maximum absolute atomic E-state index is 13.6. The van der Waals surface area contributed by atoms with Crippen molar-refractivity contribution in [1.82, 2.24) is 9.97 Å². The molecule has 2 aromatic rings. The van der Waals surface area contributed by atoms with Gasteiger partial charge in [-0.2, -0.15) is 0 Å². The normalized spacial score (nSPS) is 11.7. The van der Waals surface area contributed by atoms with E-state index in [-0.39, 0.29) is 15.5 Å². The van der Waals surface area contributed by atoms with E-state index in [1.54, 1.807) is 0 Å². The van der Waals surface area contributed by atoms with Crippen molar-refractivity contribution >= 4 is 23.4 Å². The van der Waals surface area contributed by atoms with Crippen LogP contribution in [0.15, 0.2) is 34.2 Å². The van der Waals surface area contributed by atoms with Crippen molar-refractivity contribution in [2.24, 2.45) is 0 Å². The molecular formula is C14H13ClF2N2S. The molecule has 106 valence electrons. The average Bonchev–Trinajstić information content (AvgIpc) is 2.32. The molecule has 20 heavy (non-hydrogen) atoms. The minimum atomic E-state index is -0.497. The van der Waals surface area contributed by atoms with Crippen LogP contribution in [-0.2, 0) is 5.41 Å². The molecule has 0 aliphatic heterocycles. The van der Waals surface area contributed by atoms with Crippen LogP contribution in [0, 0.1) is 11.6 Å². The number of hydrogen-bond acceptors (Lipinski definition) is 3. The summed E-state index contributed by atoms with van der Waals surface area (Å²) in [5, 5.41) is 0.767. The standard InChI is InChI=1S/C14H13ClF2N2S/c1-14(2,3)13-18-11(15)7-12(19-13)20-10-6-8(16)4-5-9(10)17/h4-7H,1-3H3. The zero-order valence-corrected chi connectivity index (χ0v) is 12.8. The van der Waals surface area contributed by atoms with Gasteiger partial charge in [-0.05, 0) is 18.2 Å². The van der Waals surface area contributed by atoms with Crippen LogP contribution < -0.4 is 0 Å².